The molecule has 0 aliphatic carbocycles. The van der Waals surface area contributed by atoms with Crippen molar-refractivity contribution in [2.75, 3.05) is 18.4 Å². The van der Waals surface area contributed by atoms with Crippen molar-refractivity contribution in [3.05, 3.63) is 28.7 Å². The van der Waals surface area contributed by atoms with E-state index in [2.05, 4.69) is 21.2 Å². The zero-order valence-corrected chi connectivity index (χ0v) is 11.9. The first-order valence-electron chi connectivity index (χ1n) is 6.09. The summed E-state index contributed by atoms with van der Waals surface area (Å²) in [5.41, 5.74) is 0.693. The van der Waals surface area contributed by atoms with Crippen LogP contribution in [0, 0.1) is 0 Å². The highest BCUT2D eigenvalue weighted by molar-refractivity contribution is 9.10. The topological polar surface area (TPSA) is 69.6 Å². The highest BCUT2D eigenvalue weighted by atomic mass is 79.9. The quantitative estimate of drug-likeness (QED) is 0.887. The Kier molecular flexibility index (Phi) is 4.55. The molecule has 0 aromatic heterocycles. The molecule has 1 fully saturated rings. The first-order valence-corrected chi connectivity index (χ1v) is 6.88. The lowest BCUT2D eigenvalue weighted by molar-refractivity contribution is -0.142. The fourth-order valence-corrected chi connectivity index (χ4v) is 2.62. The van der Waals surface area contributed by atoms with Gasteiger partial charge in [0.25, 0.3) is 0 Å². The largest absolute Gasteiger partial charge is 0.480 e. The van der Waals surface area contributed by atoms with Gasteiger partial charge in [-0.15, -0.1) is 0 Å². The van der Waals surface area contributed by atoms with Gasteiger partial charge in [0.15, 0.2) is 0 Å². The minimum atomic E-state index is -0.855. The molecule has 0 spiro atoms. The van der Waals surface area contributed by atoms with Gasteiger partial charge in [0.2, 0.25) is 5.91 Å². The maximum Gasteiger partial charge on any atom is 0.320 e. The second-order valence-electron chi connectivity index (χ2n) is 4.49. The molecule has 2 rings (SSSR count). The van der Waals surface area contributed by atoms with Crippen LogP contribution in [0.4, 0.5) is 5.69 Å². The van der Waals surface area contributed by atoms with E-state index in [1.165, 1.54) is 0 Å². The van der Waals surface area contributed by atoms with Gasteiger partial charge >= 0.3 is 5.97 Å². The van der Waals surface area contributed by atoms with Gasteiger partial charge in [-0.25, -0.2) is 0 Å². The molecular formula is C13H15BrN2O3. The van der Waals surface area contributed by atoms with E-state index in [9.17, 15) is 9.59 Å². The highest BCUT2D eigenvalue weighted by Gasteiger charge is 2.31. The predicted molar refractivity (Wildman–Crippen MR) is 75.0 cm³/mol. The van der Waals surface area contributed by atoms with Crippen molar-refractivity contribution in [3.63, 3.8) is 0 Å². The Balaban J connectivity index is 1.95. The molecule has 102 valence electrons. The number of hydrogen-bond acceptors (Lipinski definition) is 3. The minimum absolute atomic E-state index is 0.109. The summed E-state index contributed by atoms with van der Waals surface area (Å²) in [6.45, 7) is 0.763. The molecule has 0 bridgehead atoms. The zero-order valence-electron chi connectivity index (χ0n) is 10.3. The van der Waals surface area contributed by atoms with Crippen molar-refractivity contribution in [1.29, 1.82) is 0 Å². The first-order chi connectivity index (χ1) is 9.08. The second-order valence-corrected chi connectivity index (χ2v) is 5.35. The Bertz CT molecular complexity index is 493. The van der Waals surface area contributed by atoms with Crippen LogP contribution in [-0.2, 0) is 9.59 Å². The molecule has 1 aliphatic heterocycles. The SMILES string of the molecule is O=C(CN1CCC[C@H]1C(=O)O)Nc1ccccc1Br. The maximum atomic E-state index is 11.9. The minimum Gasteiger partial charge on any atom is -0.480 e. The summed E-state index contributed by atoms with van der Waals surface area (Å²) in [4.78, 5) is 24.7. The molecule has 0 radical (unpaired) electrons. The Hall–Kier alpha value is -1.40. The number of nitrogens with zero attached hydrogens (tertiary/aromatic N) is 1. The smallest absolute Gasteiger partial charge is 0.320 e. The number of para-hydroxylation sites is 1. The van der Waals surface area contributed by atoms with Crippen LogP contribution in [0.5, 0.6) is 0 Å². The number of carboxylic acid groups (broad SMARTS) is 1. The van der Waals surface area contributed by atoms with Crippen molar-refractivity contribution < 1.29 is 14.7 Å². The van der Waals surface area contributed by atoms with Gasteiger partial charge in [0.05, 0.1) is 12.2 Å². The lowest BCUT2D eigenvalue weighted by atomic mass is 10.2. The van der Waals surface area contributed by atoms with Crippen LogP contribution in [0.15, 0.2) is 28.7 Å². The molecule has 1 aliphatic rings. The number of hydrogen-bond donors (Lipinski definition) is 2. The van der Waals surface area contributed by atoms with Crippen molar-refractivity contribution in [2.24, 2.45) is 0 Å². The van der Waals surface area contributed by atoms with Crippen molar-refractivity contribution in [3.8, 4) is 0 Å². The van der Waals surface area contributed by atoms with E-state index in [0.29, 0.717) is 18.7 Å². The lowest BCUT2D eigenvalue weighted by Gasteiger charge is -2.20. The van der Waals surface area contributed by atoms with Crippen molar-refractivity contribution in [2.45, 2.75) is 18.9 Å². The molecule has 1 amide bonds. The van der Waals surface area contributed by atoms with Crippen molar-refractivity contribution in [1.82, 2.24) is 4.90 Å². The van der Waals surface area contributed by atoms with E-state index in [1.54, 1.807) is 11.0 Å². The predicted octanol–water partition coefficient (Wildman–Crippen LogP) is 1.94. The van der Waals surface area contributed by atoms with E-state index in [0.717, 1.165) is 10.9 Å². The number of likely N-dealkylation sites (tertiary alicyclic amines) is 1. The van der Waals surface area contributed by atoms with Gasteiger partial charge < -0.3 is 10.4 Å². The van der Waals surface area contributed by atoms with Crippen molar-refractivity contribution >= 4 is 33.5 Å². The van der Waals surface area contributed by atoms with Gasteiger partial charge in [-0.3, -0.25) is 14.5 Å². The fraction of sp³-hybridized carbons (Fsp3) is 0.385. The van der Waals surface area contributed by atoms with Crippen LogP contribution in [0.25, 0.3) is 0 Å². The summed E-state index contributed by atoms with van der Waals surface area (Å²) >= 11 is 3.35. The molecule has 19 heavy (non-hydrogen) atoms. The molecule has 1 aromatic carbocycles. The Morgan fingerprint density at radius 2 is 2.16 bits per heavy atom. The maximum absolute atomic E-state index is 11.9. The summed E-state index contributed by atoms with van der Waals surface area (Å²) in [5, 5.41) is 11.8. The molecule has 2 N–H and O–H groups in total. The number of amides is 1. The van der Waals surface area contributed by atoms with Gasteiger partial charge in [-0.05, 0) is 47.4 Å². The number of rotatable bonds is 4. The summed E-state index contributed by atoms with van der Waals surface area (Å²) < 4.78 is 0.805. The van der Waals surface area contributed by atoms with Gasteiger partial charge in [-0.2, -0.15) is 0 Å². The average Bonchev–Trinajstić information content (AvgIpc) is 2.80. The van der Waals surface area contributed by atoms with Crippen LogP contribution in [0.1, 0.15) is 12.8 Å². The third-order valence-electron chi connectivity index (χ3n) is 3.14. The fourth-order valence-electron chi connectivity index (χ4n) is 2.23. The molecule has 1 aromatic rings. The number of anilines is 1. The third-order valence-corrected chi connectivity index (χ3v) is 3.83. The molecule has 1 saturated heterocycles. The first kappa shape index (κ1) is 14.0. The lowest BCUT2D eigenvalue weighted by Crippen LogP contribution is -2.40. The van der Waals surface area contributed by atoms with E-state index in [-0.39, 0.29) is 12.5 Å². The number of carboxylic acids is 1. The van der Waals surface area contributed by atoms with Crippen LogP contribution in [0.3, 0.4) is 0 Å². The molecule has 6 heteroatoms. The van der Waals surface area contributed by atoms with E-state index in [4.69, 9.17) is 5.11 Å². The van der Waals surface area contributed by atoms with E-state index in [1.807, 2.05) is 18.2 Å². The number of aliphatic carboxylic acids is 1. The van der Waals surface area contributed by atoms with Gasteiger partial charge in [0, 0.05) is 4.47 Å². The Labute approximate surface area is 119 Å². The van der Waals surface area contributed by atoms with E-state index < -0.39 is 12.0 Å². The third kappa shape index (κ3) is 3.54. The molecule has 5 nitrogen and oxygen atoms in total. The number of benzene rings is 1. The normalized spacial score (nSPS) is 19.3. The number of nitrogens with one attached hydrogen (secondary N) is 1. The molecule has 1 atom stereocenters. The van der Waals surface area contributed by atoms with Crippen LogP contribution in [0.2, 0.25) is 0 Å². The molecule has 1 heterocycles. The molecular weight excluding hydrogens is 312 g/mol. The van der Waals surface area contributed by atoms with Crippen LogP contribution in [-0.4, -0.2) is 41.0 Å². The highest BCUT2D eigenvalue weighted by Crippen LogP contribution is 2.22. The Morgan fingerprint density at radius 3 is 2.84 bits per heavy atom. The van der Waals surface area contributed by atoms with Gasteiger partial charge in [-0.1, -0.05) is 12.1 Å². The standard InChI is InChI=1S/C13H15BrN2O3/c14-9-4-1-2-5-10(9)15-12(17)8-16-7-3-6-11(16)13(18)19/h1-2,4-5,11H,3,6-8H2,(H,15,17)(H,18,19)/t11-/m0/s1. The molecule has 0 unspecified atom stereocenters. The average molecular weight is 327 g/mol. The summed E-state index contributed by atoms with van der Waals surface area (Å²) in [5.74, 6) is -1.05. The monoisotopic (exact) mass is 326 g/mol. The van der Waals surface area contributed by atoms with Crippen LogP contribution >= 0.6 is 15.9 Å². The number of carbonyl (C=O) groups excluding carboxylic acids is 1. The van der Waals surface area contributed by atoms with E-state index >= 15 is 0 Å². The second kappa shape index (κ2) is 6.16. The van der Waals surface area contributed by atoms with Crippen LogP contribution < -0.4 is 5.32 Å². The zero-order chi connectivity index (χ0) is 13.8. The van der Waals surface area contributed by atoms with Gasteiger partial charge in [0.1, 0.15) is 6.04 Å². The Morgan fingerprint density at radius 1 is 1.42 bits per heavy atom. The summed E-state index contributed by atoms with van der Waals surface area (Å²) in [6.07, 6.45) is 1.43. The number of carbonyl (C=O) groups is 2. The number of halogens is 1. The molecule has 0 saturated carbocycles. The summed E-state index contributed by atoms with van der Waals surface area (Å²) in [7, 11) is 0. The summed E-state index contributed by atoms with van der Waals surface area (Å²) in [6, 6.07) is 6.79.